The van der Waals surface area contributed by atoms with E-state index in [2.05, 4.69) is 50.7 Å². The first-order valence-corrected chi connectivity index (χ1v) is 27.0. The van der Waals surface area contributed by atoms with Gasteiger partial charge in [-0.15, -0.1) is 0 Å². The highest BCUT2D eigenvalue weighted by Crippen LogP contribution is 2.20. The van der Waals surface area contributed by atoms with Crippen molar-refractivity contribution in [2.45, 2.75) is 167 Å². The number of aromatic amines is 1. The molecule has 1 aromatic heterocycles. The number of rotatable bonds is 33. The zero-order chi connectivity index (χ0) is 53.9. The van der Waals surface area contributed by atoms with Crippen LogP contribution in [0.1, 0.15) is 130 Å². The number of fused-ring (bicyclic) bond motifs is 1. The number of carboxylic acids is 1. The molecule has 9 N–H and O–H groups in total. The van der Waals surface area contributed by atoms with Crippen LogP contribution < -0.4 is 31.9 Å². The quantitative estimate of drug-likeness (QED) is 0.0336. The summed E-state index contributed by atoms with van der Waals surface area (Å²) in [6.45, 7) is 11.4. The van der Waals surface area contributed by atoms with Gasteiger partial charge in [-0.3, -0.25) is 33.6 Å². The number of para-hydroxylation sites is 1. The second kappa shape index (κ2) is 32.0. The number of thioether (sulfide) groups is 1. The van der Waals surface area contributed by atoms with Crippen LogP contribution in [0.4, 0.5) is 4.79 Å². The highest BCUT2D eigenvalue weighted by molar-refractivity contribution is 7.98. The maximum Gasteiger partial charge on any atom is 0.408 e. The minimum atomic E-state index is -1.28. The molecule has 7 amide bonds. The topological polar surface area (TPSA) is 277 Å². The molecule has 0 aliphatic rings. The van der Waals surface area contributed by atoms with Gasteiger partial charge >= 0.3 is 12.1 Å². The van der Waals surface area contributed by atoms with Crippen molar-refractivity contribution in [2.75, 3.05) is 31.6 Å². The van der Waals surface area contributed by atoms with E-state index in [9.17, 15) is 48.6 Å². The number of aliphatic carboxylic acids is 1. The number of unbranched alkanes of at least 4 members (excludes halogenated alkanes) is 5. The monoisotopic (exact) mass is 1040 g/mol. The van der Waals surface area contributed by atoms with Crippen LogP contribution in [-0.2, 0) is 51.1 Å². The van der Waals surface area contributed by atoms with Gasteiger partial charge in [0.25, 0.3) is 0 Å². The number of amides is 7. The number of nitrogens with one attached hydrogen (secondary N) is 7. The molecule has 0 bridgehead atoms. The number of phenolic OH excluding ortho intramolecular Hbond substituents is 1. The normalized spacial score (nSPS) is 13.4. The number of carbonyl (C=O) groups is 8. The van der Waals surface area contributed by atoms with Crippen LogP contribution in [0.3, 0.4) is 0 Å². The lowest BCUT2D eigenvalue weighted by Gasteiger charge is -2.29. The maximum absolute atomic E-state index is 14.4. The summed E-state index contributed by atoms with van der Waals surface area (Å²) < 4.78 is 5.41. The Morgan fingerprint density at radius 3 is 1.84 bits per heavy atom. The number of ether oxygens (including phenoxy) is 1. The Labute approximate surface area is 434 Å². The van der Waals surface area contributed by atoms with Crippen molar-refractivity contribution in [1.82, 2.24) is 41.8 Å². The predicted molar refractivity (Wildman–Crippen MR) is 283 cm³/mol. The highest BCUT2D eigenvalue weighted by atomic mass is 32.2. The van der Waals surface area contributed by atoms with Gasteiger partial charge < -0.3 is 56.7 Å². The predicted octanol–water partition coefficient (Wildman–Crippen LogP) is 5.62. The summed E-state index contributed by atoms with van der Waals surface area (Å²) in [5.74, 6) is -4.58. The number of nitrogens with zero attached hydrogens (tertiary/aromatic N) is 1. The van der Waals surface area contributed by atoms with Crippen LogP contribution in [0.15, 0.2) is 54.7 Å². The van der Waals surface area contributed by atoms with Crippen LogP contribution in [0, 0.1) is 0 Å². The van der Waals surface area contributed by atoms with Gasteiger partial charge in [0, 0.05) is 49.5 Å². The van der Waals surface area contributed by atoms with Gasteiger partial charge in [-0.25, -0.2) is 4.79 Å². The van der Waals surface area contributed by atoms with Crippen molar-refractivity contribution in [3.05, 3.63) is 65.9 Å². The minimum Gasteiger partial charge on any atom is -0.508 e. The second-order valence-corrected chi connectivity index (χ2v) is 20.2. The number of aromatic nitrogens is 1. The van der Waals surface area contributed by atoms with E-state index in [1.807, 2.05) is 37.4 Å². The van der Waals surface area contributed by atoms with Gasteiger partial charge in [0.05, 0.1) is 6.54 Å². The molecular weight excluding hydrogens is 957 g/mol. The first-order chi connectivity index (χ1) is 34.8. The molecule has 0 radical (unpaired) electrons. The third kappa shape index (κ3) is 22.6. The molecule has 1 heterocycles. The van der Waals surface area contributed by atoms with Crippen molar-refractivity contribution in [1.29, 1.82) is 0 Å². The number of carboxylic acid groups (broad SMARTS) is 1. The third-order valence-electron chi connectivity index (χ3n) is 11.9. The standard InChI is InChI=1S/C53H80N8O11S/c1-8-11-16-28-61(29-17-12-9-2)51(70)42(25-26-46(64)65)59-48(67)41(27-30-73-7)58-50(69)44(32-36-33-54-39-20-15-14-18-38(36)39)56-45(63)34-55-47(66)40(19-13-10-3)57-49(68)43(60-52(71)72-53(4,5)6)31-35-21-23-37(62)24-22-35/h14-15,18,20-24,33,40-44,54,62H,8-13,16-17,19,25-32,34H2,1-7H3,(H,55,66)(H,56,63)(H,57,68)(H,58,69)(H,59,67)(H,60,71)(H,64,65)/t40-,41-,42-,43-,44-/m0/s1. The first kappa shape index (κ1) is 61.0. The van der Waals surface area contributed by atoms with E-state index >= 15 is 0 Å². The van der Waals surface area contributed by atoms with Crippen LogP contribution in [0.25, 0.3) is 10.9 Å². The number of H-pyrrole nitrogens is 1. The molecule has 404 valence electrons. The number of benzene rings is 2. The molecule has 73 heavy (non-hydrogen) atoms. The summed E-state index contributed by atoms with van der Waals surface area (Å²) >= 11 is 1.43. The van der Waals surface area contributed by atoms with Gasteiger partial charge in [-0.2, -0.15) is 11.8 Å². The van der Waals surface area contributed by atoms with Gasteiger partial charge in [-0.05, 0) is 94.2 Å². The zero-order valence-corrected chi connectivity index (χ0v) is 44.6. The van der Waals surface area contributed by atoms with E-state index in [4.69, 9.17) is 4.74 Å². The number of phenols is 1. The lowest BCUT2D eigenvalue weighted by Crippen LogP contribution is -2.58. The molecule has 0 aliphatic carbocycles. The second-order valence-electron chi connectivity index (χ2n) is 19.3. The maximum atomic E-state index is 14.4. The van der Waals surface area contributed by atoms with E-state index in [-0.39, 0.29) is 50.2 Å². The van der Waals surface area contributed by atoms with Crippen molar-refractivity contribution < 1.29 is 53.3 Å². The number of aromatic hydroxyl groups is 1. The zero-order valence-electron chi connectivity index (χ0n) is 43.7. The van der Waals surface area contributed by atoms with Gasteiger partial charge in [0.15, 0.2) is 0 Å². The number of alkyl carbamates (subject to hydrolysis) is 1. The molecular formula is C53H80N8O11S. The fourth-order valence-electron chi connectivity index (χ4n) is 7.97. The van der Waals surface area contributed by atoms with Crippen molar-refractivity contribution >= 4 is 70.2 Å². The van der Waals surface area contributed by atoms with Crippen molar-refractivity contribution in [2.24, 2.45) is 0 Å². The molecule has 20 heteroatoms. The SMILES string of the molecule is CCCCCN(CCCCC)C(=O)[C@H](CCC(=O)O)NC(=O)[C@H](CCSC)NC(=O)[C@H](Cc1c[nH]c2ccccc12)NC(=O)CNC(=O)[C@H](CCCC)NC(=O)[C@H](Cc1ccc(O)cc1)NC(=O)OC(C)(C)C. The smallest absolute Gasteiger partial charge is 0.408 e. The summed E-state index contributed by atoms with van der Waals surface area (Å²) in [6, 6.07) is 7.54. The molecule has 5 atom stereocenters. The fourth-order valence-corrected chi connectivity index (χ4v) is 8.45. The molecule has 0 saturated carbocycles. The summed E-state index contributed by atoms with van der Waals surface area (Å²) in [4.78, 5) is 114. The molecule has 0 spiro atoms. The molecule has 3 aromatic rings. The molecule has 3 rings (SSSR count). The van der Waals surface area contributed by atoms with E-state index in [0.29, 0.717) is 42.8 Å². The lowest BCUT2D eigenvalue weighted by atomic mass is 10.0. The number of hydrogen-bond acceptors (Lipinski definition) is 11. The fraction of sp³-hybridized carbons (Fsp3) is 0.585. The molecule has 19 nitrogen and oxygen atoms in total. The Balaban J connectivity index is 1.87. The van der Waals surface area contributed by atoms with Crippen molar-refractivity contribution in [3.8, 4) is 5.75 Å². The Hall–Kier alpha value is -6.31. The number of hydrogen-bond donors (Lipinski definition) is 9. The van der Waals surface area contributed by atoms with Gasteiger partial charge in [-0.1, -0.05) is 89.6 Å². The van der Waals surface area contributed by atoms with Gasteiger partial charge in [0.1, 0.15) is 41.6 Å². The molecule has 2 aromatic carbocycles. The van der Waals surface area contributed by atoms with E-state index in [0.717, 1.165) is 49.4 Å². The highest BCUT2D eigenvalue weighted by Gasteiger charge is 2.33. The summed E-state index contributed by atoms with van der Waals surface area (Å²) in [6.07, 6.45) is 8.84. The molecule has 0 saturated heterocycles. The summed E-state index contributed by atoms with van der Waals surface area (Å²) in [5, 5.41) is 36.4. The number of carbonyl (C=O) groups excluding carboxylic acids is 7. The Bertz CT molecular complexity index is 2240. The van der Waals surface area contributed by atoms with E-state index < -0.39 is 84.0 Å². The molecule has 0 aliphatic heterocycles. The Kier molecular flexibility index (Phi) is 26.7. The molecule has 0 unspecified atom stereocenters. The average molecular weight is 1040 g/mol. The molecule has 0 fully saturated rings. The summed E-state index contributed by atoms with van der Waals surface area (Å²) in [5.41, 5.74) is 1.21. The summed E-state index contributed by atoms with van der Waals surface area (Å²) in [7, 11) is 0. The minimum absolute atomic E-state index is 0.00413. The van der Waals surface area contributed by atoms with E-state index in [1.54, 1.807) is 44.0 Å². The van der Waals surface area contributed by atoms with E-state index in [1.165, 1.54) is 23.9 Å². The average Bonchev–Trinajstić information content (AvgIpc) is 3.75. The first-order valence-electron chi connectivity index (χ1n) is 25.6. The van der Waals surface area contributed by atoms with Gasteiger partial charge in [0.2, 0.25) is 35.4 Å². The lowest BCUT2D eigenvalue weighted by molar-refractivity contribution is -0.140. The third-order valence-corrected chi connectivity index (χ3v) is 12.6. The largest absolute Gasteiger partial charge is 0.508 e. The van der Waals surface area contributed by atoms with Crippen LogP contribution in [-0.4, -0.2) is 135 Å². The Morgan fingerprint density at radius 2 is 1.25 bits per heavy atom. The van der Waals surface area contributed by atoms with Crippen LogP contribution in [0.5, 0.6) is 5.75 Å². The van der Waals surface area contributed by atoms with Crippen LogP contribution in [0.2, 0.25) is 0 Å². The van der Waals surface area contributed by atoms with Crippen LogP contribution >= 0.6 is 11.8 Å². The van der Waals surface area contributed by atoms with Crippen molar-refractivity contribution in [3.63, 3.8) is 0 Å². The Morgan fingerprint density at radius 1 is 0.671 bits per heavy atom.